The number of piperidine rings is 1. The minimum absolute atomic E-state index is 0.0591. The molecule has 2 aromatic rings. The Hall–Kier alpha value is -2.79. The fraction of sp³-hybridized carbons (Fsp3) is 0.536. The zero-order chi connectivity index (χ0) is 27.6. The molecule has 0 spiro atoms. The molecular weight excluding hydrogens is 504 g/mol. The number of hydrogen-bond donors (Lipinski definition) is 4. The highest BCUT2D eigenvalue weighted by molar-refractivity contribution is 7.13. The first-order valence-corrected chi connectivity index (χ1v) is 14.0. The van der Waals surface area contributed by atoms with Crippen LogP contribution in [0.5, 0.6) is 0 Å². The first-order valence-electron chi connectivity index (χ1n) is 13.1. The number of carbonyl (C=O) groups is 3. The van der Waals surface area contributed by atoms with Gasteiger partial charge in [-0.05, 0) is 36.3 Å². The Bertz CT molecular complexity index is 1160. The number of likely N-dealkylation sites (tertiary alicyclic amines) is 1. The third kappa shape index (κ3) is 5.93. The van der Waals surface area contributed by atoms with Gasteiger partial charge in [-0.1, -0.05) is 30.3 Å². The third-order valence-electron chi connectivity index (χ3n) is 8.16. The Labute approximate surface area is 228 Å². The van der Waals surface area contributed by atoms with Crippen molar-refractivity contribution in [1.29, 1.82) is 0 Å². The topological polar surface area (TPSA) is 119 Å². The zero-order valence-corrected chi connectivity index (χ0v) is 23.3. The lowest BCUT2D eigenvalue weighted by Crippen LogP contribution is -2.62. The number of hydrogen-bond acceptors (Lipinski definition) is 6. The smallest absolute Gasteiger partial charge is 0.279 e. The Morgan fingerprint density at radius 1 is 0.974 bits per heavy atom. The van der Waals surface area contributed by atoms with Crippen molar-refractivity contribution in [3.63, 3.8) is 0 Å². The number of aliphatic hydroxyl groups is 2. The fourth-order valence-electron chi connectivity index (χ4n) is 5.35. The van der Waals surface area contributed by atoms with Crippen molar-refractivity contribution >= 4 is 34.7 Å². The van der Waals surface area contributed by atoms with E-state index in [1.54, 1.807) is 14.1 Å². The van der Waals surface area contributed by atoms with E-state index in [4.69, 9.17) is 0 Å². The van der Waals surface area contributed by atoms with E-state index in [0.717, 1.165) is 24.0 Å². The van der Waals surface area contributed by atoms with E-state index in [9.17, 15) is 24.6 Å². The Morgan fingerprint density at radius 2 is 1.58 bits per heavy atom. The molecule has 0 atom stereocenters. The van der Waals surface area contributed by atoms with E-state index >= 15 is 0 Å². The highest BCUT2D eigenvalue weighted by atomic mass is 32.1. The van der Waals surface area contributed by atoms with E-state index in [1.807, 2.05) is 42.6 Å². The Kier molecular flexibility index (Phi) is 8.27. The van der Waals surface area contributed by atoms with Gasteiger partial charge in [0.25, 0.3) is 17.7 Å². The number of amides is 3. The number of rotatable bonds is 10. The number of anilines is 1. The predicted octanol–water partition coefficient (Wildman–Crippen LogP) is 2.08. The summed E-state index contributed by atoms with van der Waals surface area (Å²) in [5.74, 6) is -0.558. The first-order chi connectivity index (χ1) is 18.1. The SMILES string of the molecule is Cc1csc(C(=O)N(C)C)c1NC(=O)C[N+]1(CC(=O)NC2(c3ccccc3)CC2)CCC(CO)(CO)CC1. The maximum atomic E-state index is 13.4. The molecule has 10 heteroatoms. The van der Waals surface area contributed by atoms with Gasteiger partial charge >= 0.3 is 0 Å². The van der Waals surface area contributed by atoms with Crippen molar-refractivity contribution in [2.75, 3.05) is 58.8 Å². The summed E-state index contributed by atoms with van der Waals surface area (Å²) in [6.45, 7) is 2.72. The van der Waals surface area contributed by atoms with Crippen LogP contribution in [0.25, 0.3) is 0 Å². The fourth-order valence-corrected chi connectivity index (χ4v) is 6.37. The number of aliphatic hydroxyl groups excluding tert-OH is 2. The highest BCUT2D eigenvalue weighted by Gasteiger charge is 2.48. The summed E-state index contributed by atoms with van der Waals surface area (Å²) >= 11 is 1.30. The van der Waals surface area contributed by atoms with Gasteiger partial charge in [0, 0.05) is 32.4 Å². The molecule has 206 valence electrons. The molecule has 0 unspecified atom stereocenters. The van der Waals surface area contributed by atoms with Crippen LogP contribution in [-0.4, -0.2) is 90.8 Å². The van der Waals surface area contributed by atoms with Crippen LogP contribution in [0.2, 0.25) is 0 Å². The molecule has 4 rings (SSSR count). The minimum atomic E-state index is -0.605. The maximum absolute atomic E-state index is 13.4. The molecule has 2 heterocycles. The number of benzene rings is 1. The molecule has 1 aromatic heterocycles. The van der Waals surface area contributed by atoms with Crippen LogP contribution in [-0.2, 0) is 15.1 Å². The zero-order valence-electron chi connectivity index (χ0n) is 22.5. The van der Waals surface area contributed by atoms with Crippen LogP contribution in [0.4, 0.5) is 5.69 Å². The second-order valence-corrected chi connectivity index (χ2v) is 12.2. The Balaban J connectivity index is 1.51. The van der Waals surface area contributed by atoms with Crippen LogP contribution >= 0.6 is 11.3 Å². The molecule has 2 fully saturated rings. The summed E-state index contributed by atoms with van der Waals surface area (Å²) < 4.78 is 0.227. The third-order valence-corrected chi connectivity index (χ3v) is 9.24. The quantitative estimate of drug-likeness (QED) is 0.342. The van der Waals surface area contributed by atoms with Crippen LogP contribution in [0.3, 0.4) is 0 Å². The number of nitrogens with one attached hydrogen (secondary N) is 2. The van der Waals surface area contributed by atoms with Gasteiger partial charge in [-0.3, -0.25) is 14.4 Å². The molecule has 1 saturated heterocycles. The molecule has 1 aromatic carbocycles. The van der Waals surface area contributed by atoms with Crippen molar-refractivity contribution < 1.29 is 29.1 Å². The van der Waals surface area contributed by atoms with Gasteiger partial charge < -0.3 is 30.2 Å². The molecule has 1 aliphatic carbocycles. The molecule has 3 amide bonds. The van der Waals surface area contributed by atoms with Crippen molar-refractivity contribution in [1.82, 2.24) is 10.2 Å². The molecule has 1 saturated carbocycles. The molecule has 9 nitrogen and oxygen atoms in total. The van der Waals surface area contributed by atoms with E-state index in [0.29, 0.717) is 36.5 Å². The lowest BCUT2D eigenvalue weighted by Gasteiger charge is -2.46. The van der Waals surface area contributed by atoms with E-state index in [2.05, 4.69) is 10.6 Å². The van der Waals surface area contributed by atoms with Crippen LogP contribution in [0.1, 0.15) is 46.5 Å². The van der Waals surface area contributed by atoms with Gasteiger partial charge in [0.1, 0.15) is 4.88 Å². The molecule has 1 aliphatic heterocycles. The maximum Gasteiger partial charge on any atom is 0.279 e. The second-order valence-electron chi connectivity index (χ2n) is 11.3. The molecule has 2 aliphatic rings. The van der Waals surface area contributed by atoms with Crippen molar-refractivity contribution in [2.45, 2.75) is 38.1 Å². The lowest BCUT2D eigenvalue weighted by molar-refractivity contribution is -0.920. The van der Waals surface area contributed by atoms with Gasteiger partial charge in [-0.15, -0.1) is 11.3 Å². The highest BCUT2D eigenvalue weighted by Crippen LogP contribution is 2.45. The summed E-state index contributed by atoms with van der Waals surface area (Å²) in [6.07, 6.45) is 2.77. The Morgan fingerprint density at radius 3 is 2.13 bits per heavy atom. The largest absolute Gasteiger partial charge is 0.396 e. The van der Waals surface area contributed by atoms with E-state index in [-0.39, 0.29) is 54.0 Å². The molecule has 4 N–H and O–H groups in total. The molecule has 0 bridgehead atoms. The van der Waals surface area contributed by atoms with E-state index < -0.39 is 5.41 Å². The second kappa shape index (κ2) is 11.1. The number of nitrogens with zero attached hydrogens (tertiary/aromatic N) is 2. The van der Waals surface area contributed by atoms with Gasteiger partial charge in [0.15, 0.2) is 13.1 Å². The standard InChI is InChI=1S/C28H38N4O5S/c1-20-17-38-25(26(37)31(2)3)24(20)29-22(35)15-32(13-11-27(18-33,19-34)12-14-32)16-23(36)30-28(9-10-28)21-7-5-4-6-8-21/h4-8,17,33-34H,9-16,18-19H2,1-3H3,(H-,29,30,35,36,37)/p+1. The number of aryl methyl sites for hydroxylation is 1. The average molecular weight is 544 g/mol. The minimum Gasteiger partial charge on any atom is -0.396 e. The van der Waals surface area contributed by atoms with Crippen molar-refractivity contribution in [2.24, 2.45) is 5.41 Å². The summed E-state index contributed by atoms with van der Waals surface area (Å²) in [4.78, 5) is 41.4. The van der Waals surface area contributed by atoms with Gasteiger partial charge in [-0.2, -0.15) is 0 Å². The first kappa shape index (κ1) is 28.2. The monoisotopic (exact) mass is 543 g/mol. The molecule has 38 heavy (non-hydrogen) atoms. The number of thiophene rings is 1. The van der Waals surface area contributed by atoms with Crippen molar-refractivity contribution in [3.8, 4) is 0 Å². The van der Waals surface area contributed by atoms with Gasteiger partial charge in [0.2, 0.25) is 0 Å². The lowest BCUT2D eigenvalue weighted by atomic mass is 9.79. The van der Waals surface area contributed by atoms with Crippen LogP contribution in [0, 0.1) is 12.3 Å². The molecular formula is C28H39N4O5S+. The summed E-state index contributed by atoms with van der Waals surface area (Å²) in [7, 11) is 3.35. The van der Waals surface area contributed by atoms with Crippen LogP contribution in [0.15, 0.2) is 35.7 Å². The van der Waals surface area contributed by atoms with E-state index in [1.165, 1.54) is 16.2 Å². The number of carbonyl (C=O) groups excluding carboxylic acids is 3. The van der Waals surface area contributed by atoms with Crippen LogP contribution < -0.4 is 10.6 Å². The van der Waals surface area contributed by atoms with Crippen molar-refractivity contribution in [3.05, 3.63) is 51.7 Å². The molecule has 0 radical (unpaired) electrons. The summed E-state index contributed by atoms with van der Waals surface area (Å²) in [6, 6.07) is 9.94. The van der Waals surface area contributed by atoms with Gasteiger partial charge in [0.05, 0.1) is 37.5 Å². The predicted molar refractivity (Wildman–Crippen MR) is 147 cm³/mol. The average Bonchev–Trinajstić information content (AvgIpc) is 3.60. The summed E-state index contributed by atoms with van der Waals surface area (Å²) in [5.41, 5.74) is 1.46. The van der Waals surface area contributed by atoms with Gasteiger partial charge in [-0.25, -0.2) is 0 Å². The summed E-state index contributed by atoms with van der Waals surface area (Å²) in [5, 5.41) is 27.9. The number of quaternary nitrogens is 1. The normalized spacial score (nSPS) is 18.9.